The van der Waals surface area contributed by atoms with Crippen LogP contribution in [0.1, 0.15) is 10.4 Å². The maximum absolute atomic E-state index is 13.0. The molecule has 0 bridgehead atoms. The lowest BCUT2D eigenvalue weighted by atomic mass is 10.2. The van der Waals surface area contributed by atoms with Crippen LogP contribution in [0.25, 0.3) is 0 Å². The van der Waals surface area contributed by atoms with Crippen molar-refractivity contribution in [3.8, 4) is 0 Å². The van der Waals surface area contributed by atoms with Crippen molar-refractivity contribution in [3.05, 3.63) is 34.1 Å². The first-order valence-electron chi connectivity index (χ1n) is 5.53. The Morgan fingerprint density at radius 2 is 2.00 bits per heavy atom. The van der Waals surface area contributed by atoms with Crippen LogP contribution < -0.4 is 10.6 Å². The average Bonchev–Trinajstić information content (AvgIpc) is 2.44. The van der Waals surface area contributed by atoms with Gasteiger partial charge in [-0.3, -0.25) is 9.59 Å². The monoisotopic (exact) mass is 346 g/mol. The van der Waals surface area contributed by atoms with E-state index in [0.717, 1.165) is 6.07 Å². The number of benzene rings is 1. The maximum Gasteiger partial charge on any atom is 0.339 e. The van der Waals surface area contributed by atoms with E-state index in [-0.39, 0.29) is 18.0 Å². The van der Waals surface area contributed by atoms with Gasteiger partial charge in [-0.05, 0) is 34.1 Å². The first kappa shape index (κ1) is 16.1. The van der Waals surface area contributed by atoms with E-state index in [1.807, 2.05) is 0 Å². The van der Waals surface area contributed by atoms with Gasteiger partial charge in [0.25, 0.3) is 5.91 Å². The first-order valence-corrected chi connectivity index (χ1v) is 6.32. The largest absolute Gasteiger partial charge is 0.452 e. The summed E-state index contributed by atoms with van der Waals surface area (Å²) in [6.07, 6.45) is 0. The van der Waals surface area contributed by atoms with Crippen LogP contribution in [0, 0.1) is 5.82 Å². The van der Waals surface area contributed by atoms with Crippen molar-refractivity contribution in [1.29, 1.82) is 0 Å². The normalized spacial score (nSPS) is 9.75. The van der Waals surface area contributed by atoms with Gasteiger partial charge >= 0.3 is 5.97 Å². The fraction of sp³-hybridized carbons (Fsp3) is 0.250. The molecule has 8 heteroatoms. The summed E-state index contributed by atoms with van der Waals surface area (Å²) in [6, 6.07) is 3.53. The number of ether oxygens (including phenoxy) is 1. The van der Waals surface area contributed by atoms with Crippen LogP contribution in [-0.4, -0.2) is 38.0 Å². The van der Waals surface area contributed by atoms with E-state index in [1.54, 1.807) is 0 Å². The van der Waals surface area contributed by atoms with Gasteiger partial charge in [-0.25, -0.2) is 9.18 Å². The molecule has 0 radical (unpaired) electrons. The molecule has 0 heterocycles. The SMILES string of the molecule is CNC(=O)CNC(=O)COC(=O)c1cc(F)ccc1Br. The third kappa shape index (κ3) is 4.96. The molecule has 2 amide bonds. The number of likely N-dealkylation sites (N-methyl/N-ethyl adjacent to an activating group) is 1. The molecule has 0 aliphatic rings. The molecule has 0 aromatic heterocycles. The molecule has 0 aliphatic heterocycles. The number of amides is 2. The Hall–Kier alpha value is -1.96. The van der Waals surface area contributed by atoms with Crippen molar-refractivity contribution < 1.29 is 23.5 Å². The van der Waals surface area contributed by atoms with Crippen LogP contribution >= 0.6 is 15.9 Å². The quantitative estimate of drug-likeness (QED) is 0.765. The number of carbonyl (C=O) groups excluding carboxylic acids is 3. The van der Waals surface area contributed by atoms with Gasteiger partial charge in [0.15, 0.2) is 6.61 Å². The van der Waals surface area contributed by atoms with Crippen LogP contribution in [0.4, 0.5) is 4.39 Å². The van der Waals surface area contributed by atoms with E-state index in [0.29, 0.717) is 4.47 Å². The molecule has 0 unspecified atom stereocenters. The minimum absolute atomic E-state index is 0.0240. The summed E-state index contributed by atoms with van der Waals surface area (Å²) in [5.41, 5.74) is -0.0240. The molecule has 2 N–H and O–H groups in total. The highest BCUT2D eigenvalue weighted by Gasteiger charge is 2.14. The summed E-state index contributed by atoms with van der Waals surface area (Å²) in [7, 11) is 1.43. The zero-order valence-electron chi connectivity index (χ0n) is 10.5. The van der Waals surface area contributed by atoms with Gasteiger partial charge in [-0.2, -0.15) is 0 Å². The molecule has 0 saturated carbocycles. The minimum Gasteiger partial charge on any atom is -0.452 e. The van der Waals surface area contributed by atoms with Gasteiger partial charge < -0.3 is 15.4 Å². The second-order valence-corrected chi connectivity index (χ2v) is 4.50. The molecule has 0 spiro atoms. The number of nitrogens with one attached hydrogen (secondary N) is 2. The Labute approximate surface area is 122 Å². The highest BCUT2D eigenvalue weighted by atomic mass is 79.9. The van der Waals surface area contributed by atoms with E-state index in [9.17, 15) is 18.8 Å². The van der Waals surface area contributed by atoms with Gasteiger partial charge in [-0.1, -0.05) is 0 Å². The zero-order valence-corrected chi connectivity index (χ0v) is 12.1. The van der Waals surface area contributed by atoms with Gasteiger partial charge in [-0.15, -0.1) is 0 Å². The number of esters is 1. The number of hydrogen-bond acceptors (Lipinski definition) is 4. The fourth-order valence-electron chi connectivity index (χ4n) is 1.18. The molecular formula is C12H12BrFN2O4. The Bertz CT molecular complexity index is 536. The average molecular weight is 347 g/mol. The van der Waals surface area contributed by atoms with Crippen LogP contribution in [0.15, 0.2) is 22.7 Å². The van der Waals surface area contributed by atoms with E-state index in [1.165, 1.54) is 19.2 Å². The lowest BCUT2D eigenvalue weighted by Crippen LogP contribution is -2.37. The third-order valence-electron chi connectivity index (χ3n) is 2.21. The molecule has 1 aromatic rings. The number of halogens is 2. The van der Waals surface area contributed by atoms with Gasteiger partial charge in [0, 0.05) is 11.5 Å². The molecule has 0 aliphatic carbocycles. The molecule has 0 atom stereocenters. The smallest absolute Gasteiger partial charge is 0.339 e. The zero-order chi connectivity index (χ0) is 15.1. The molecular weight excluding hydrogens is 335 g/mol. The summed E-state index contributed by atoms with van der Waals surface area (Å²) < 4.78 is 18.1. The van der Waals surface area contributed by atoms with Crippen LogP contribution in [0.3, 0.4) is 0 Å². The van der Waals surface area contributed by atoms with Gasteiger partial charge in [0.05, 0.1) is 12.1 Å². The minimum atomic E-state index is -0.841. The second kappa shape index (κ2) is 7.59. The van der Waals surface area contributed by atoms with Crippen molar-refractivity contribution in [1.82, 2.24) is 10.6 Å². The molecule has 0 fully saturated rings. The maximum atomic E-state index is 13.0. The summed E-state index contributed by atoms with van der Waals surface area (Å²) in [4.78, 5) is 33.8. The molecule has 0 saturated heterocycles. The number of carbonyl (C=O) groups is 3. The van der Waals surface area contributed by atoms with E-state index < -0.39 is 24.3 Å². The Balaban J connectivity index is 2.49. The van der Waals surface area contributed by atoms with Gasteiger partial charge in [0.1, 0.15) is 5.82 Å². The van der Waals surface area contributed by atoms with Crippen molar-refractivity contribution in [2.75, 3.05) is 20.2 Å². The summed E-state index contributed by atoms with van der Waals surface area (Å²) in [5, 5.41) is 4.57. The lowest BCUT2D eigenvalue weighted by molar-refractivity contribution is -0.127. The lowest BCUT2D eigenvalue weighted by Gasteiger charge is -2.07. The molecule has 108 valence electrons. The molecule has 20 heavy (non-hydrogen) atoms. The Morgan fingerprint density at radius 3 is 2.65 bits per heavy atom. The van der Waals surface area contributed by atoms with E-state index >= 15 is 0 Å². The Morgan fingerprint density at radius 1 is 1.30 bits per heavy atom. The predicted octanol–water partition coefficient (Wildman–Crippen LogP) is 0.607. The summed E-state index contributed by atoms with van der Waals surface area (Å²) in [6.45, 7) is -0.769. The van der Waals surface area contributed by atoms with Crippen LogP contribution in [-0.2, 0) is 14.3 Å². The number of hydrogen-bond donors (Lipinski definition) is 2. The van der Waals surface area contributed by atoms with E-state index in [4.69, 9.17) is 4.74 Å². The van der Waals surface area contributed by atoms with Crippen LogP contribution in [0.5, 0.6) is 0 Å². The highest BCUT2D eigenvalue weighted by Crippen LogP contribution is 2.18. The van der Waals surface area contributed by atoms with Gasteiger partial charge in [0.2, 0.25) is 5.91 Å². The highest BCUT2D eigenvalue weighted by molar-refractivity contribution is 9.10. The van der Waals surface area contributed by atoms with Crippen molar-refractivity contribution in [2.24, 2.45) is 0 Å². The van der Waals surface area contributed by atoms with Crippen molar-refractivity contribution in [2.45, 2.75) is 0 Å². The molecule has 6 nitrogen and oxygen atoms in total. The van der Waals surface area contributed by atoms with E-state index in [2.05, 4.69) is 26.6 Å². The predicted molar refractivity (Wildman–Crippen MR) is 71.5 cm³/mol. The third-order valence-corrected chi connectivity index (χ3v) is 2.90. The van der Waals surface area contributed by atoms with Crippen molar-refractivity contribution >= 4 is 33.7 Å². The molecule has 1 aromatic carbocycles. The summed E-state index contributed by atoms with van der Waals surface area (Å²) in [5.74, 6) is -2.44. The standard InChI is InChI=1S/C12H12BrFN2O4/c1-15-10(17)5-16-11(18)6-20-12(19)8-4-7(14)2-3-9(8)13/h2-4H,5-6H2,1H3,(H,15,17)(H,16,18). The van der Waals surface area contributed by atoms with Crippen LogP contribution in [0.2, 0.25) is 0 Å². The second-order valence-electron chi connectivity index (χ2n) is 3.65. The molecule has 1 rings (SSSR count). The number of rotatable bonds is 5. The first-order chi connectivity index (χ1) is 9.43. The topological polar surface area (TPSA) is 84.5 Å². The Kier molecular flexibility index (Phi) is 6.10. The fourth-order valence-corrected chi connectivity index (χ4v) is 1.59. The summed E-state index contributed by atoms with van der Waals surface area (Å²) >= 11 is 3.08. The van der Waals surface area contributed by atoms with Crippen molar-refractivity contribution in [3.63, 3.8) is 0 Å².